The highest BCUT2D eigenvalue weighted by molar-refractivity contribution is 7.89. The molecule has 2 aromatic carbocycles. The standard InChI is InChI=1S/C22H29N3O7S/c1-4-31-21-9-6-17(14-22(21)32-5-2)16(3)23-19-8-7-18(15-20(19)25(26)27)33(28,29)24-10-12-30-13-11-24/h6-9,14-16,23H,4-5,10-13H2,1-3H3/t16-/m0/s1. The van der Waals surface area contributed by atoms with Crippen LogP contribution in [0.3, 0.4) is 0 Å². The molecule has 180 valence electrons. The van der Waals surface area contributed by atoms with Gasteiger partial charge in [-0.05, 0) is 50.6 Å². The van der Waals surface area contributed by atoms with Gasteiger partial charge < -0.3 is 19.5 Å². The zero-order chi connectivity index (χ0) is 24.0. The molecule has 1 N–H and O–H groups in total. The predicted octanol–water partition coefficient (Wildman–Crippen LogP) is 3.59. The van der Waals surface area contributed by atoms with E-state index >= 15 is 0 Å². The van der Waals surface area contributed by atoms with Crippen LogP contribution in [-0.2, 0) is 14.8 Å². The summed E-state index contributed by atoms with van der Waals surface area (Å²) in [5.74, 6) is 1.21. The molecule has 0 bridgehead atoms. The Labute approximate surface area is 193 Å². The fourth-order valence-corrected chi connectivity index (χ4v) is 4.96. The summed E-state index contributed by atoms with van der Waals surface area (Å²) < 4.78 is 43.5. The molecule has 1 aliphatic rings. The molecular formula is C22H29N3O7S. The van der Waals surface area contributed by atoms with Crippen molar-refractivity contribution in [1.29, 1.82) is 0 Å². The van der Waals surface area contributed by atoms with Crippen molar-refractivity contribution in [2.75, 3.05) is 44.8 Å². The highest BCUT2D eigenvalue weighted by Crippen LogP contribution is 2.35. The molecule has 33 heavy (non-hydrogen) atoms. The number of rotatable bonds is 10. The van der Waals surface area contributed by atoms with Crippen molar-refractivity contribution in [3.63, 3.8) is 0 Å². The summed E-state index contributed by atoms with van der Waals surface area (Å²) in [7, 11) is -3.85. The van der Waals surface area contributed by atoms with Crippen molar-refractivity contribution in [2.24, 2.45) is 0 Å². The van der Waals surface area contributed by atoms with Crippen LogP contribution in [0.4, 0.5) is 11.4 Å². The monoisotopic (exact) mass is 479 g/mol. The van der Waals surface area contributed by atoms with E-state index < -0.39 is 14.9 Å². The minimum atomic E-state index is -3.85. The summed E-state index contributed by atoms with van der Waals surface area (Å²) in [6, 6.07) is 9.08. The van der Waals surface area contributed by atoms with Crippen LogP contribution in [0.1, 0.15) is 32.4 Å². The first-order valence-electron chi connectivity index (χ1n) is 10.8. The number of nitro benzene ring substituents is 1. The maximum absolute atomic E-state index is 12.9. The van der Waals surface area contributed by atoms with E-state index in [0.29, 0.717) is 37.9 Å². The second-order valence-electron chi connectivity index (χ2n) is 7.39. The minimum absolute atomic E-state index is 0.117. The van der Waals surface area contributed by atoms with Crippen LogP contribution in [0.25, 0.3) is 0 Å². The van der Waals surface area contributed by atoms with Gasteiger partial charge in [-0.2, -0.15) is 4.31 Å². The number of nitrogens with zero attached hydrogens (tertiary/aromatic N) is 2. The quantitative estimate of drug-likeness (QED) is 0.405. The molecule has 1 atom stereocenters. The van der Waals surface area contributed by atoms with Crippen LogP contribution in [0.2, 0.25) is 0 Å². The van der Waals surface area contributed by atoms with E-state index in [0.717, 1.165) is 11.6 Å². The Morgan fingerprint density at radius 1 is 1.09 bits per heavy atom. The molecule has 0 spiro atoms. The van der Waals surface area contributed by atoms with Crippen LogP contribution < -0.4 is 14.8 Å². The average Bonchev–Trinajstić information content (AvgIpc) is 2.81. The number of morpholine rings is 1. The van der Waals surface area contributed by atoms with Gasteiger partial charge in [-0.1, -0.05) is 6.07 Å². The topological polar surface area (TPSA) is 120 Å². The van der Waals surface area contributed by atoms with Gasteiger partial charge in [0, 0.05) is 25.2 Å². The van der Waals surface area contributed by atoms with Crippen molar-refractivity contribution < 1.29 is 27.6 Å². The number of nitro groups is 1. The highest BCUT2D eigenvalue weighted by atomic mass is 32.2. The van der Waals surface area contributed by atoms with Gasteiger partial charge in [-0.15, -0.1) is 0 Å². The largest absolute Gasteiger partial charge is 0.490 e. The molecule has 11 heteroatoms. The second kappa shape index (κ2) is 10.8. The van der Waals surface area contributed by atoms with Crippen LogP contribution in [-0.4, -0.2) is 57.2 Å². The first-order chi connectivity index (χ1) is 15.8. The summed E-state index contributed by atoms with van der Waals surface area (Å²) in [6.45, 7) is 7.60. The number of nitrogens with one attached hydrogen (secondary N) is 1. The Bertz CT molecular complexity index is 1090. The summed E-state index contributed by atoms with van der Waals surface area (Å²) in [4.78, 5) is 11.0. The average molecular weight is 480 g/mol. The number of benzene rings is 2. The molecule has 0 radical (unpaired) electrons. The minimum Gasteiger partial charge on any atom is -0.490 e. The number of ether oxygens (including phenoxy) is 3. The summed E-state index contributed by atoms with van der Waals surface area (Å²) in [5, 5.41) is 14.9. The van der Waals surface area contributed by atoms with Gasteiger partial charge in [0.15, 0.2) is 11.5 Å². The van der Waals surface area contributed by atoms with Gasteiger partial charge in [-0.3, -0.25) is 10.1 Å². The highest BCUT2D eigenvalue weighted by Gasteiger charge is 2.29. The van der Waals surface area contributed by atoms with Crippen molar-refractivity contribution in [3.05, 3.63) is 52.1 Å². The lowest BCUT2D eigenvalue weighted by atomic mass is 10.1. The van der Waals surface area contributed by atoms with Crippen LogP contribution in [0.5, 0.6) is 11.5 Å². The molecule has 10 nitrogen and oxygen atoms in total. The third-order valence-corrected chi connectivity index (χ3v) is 7.11. The summed E-state index contributed by atoms with van der Waals surface area (Å²) in [5.41, 5.74) is 0.744. The first kappa shape index (κ1) is 24.7. The molecule has 0 saturated carbocycles. The lowest BCUT2D eigenvalue weighted by molar-refractivity contribution is -0.384. The van der Waals surface area contributed by atoms with E-state index in [1.807, 2.05) is 32.9 Å². The fourth-order valence-electron chi connectivity index (χ4n) is 3.53. The maximum atomic E-state index is 12.9. The summed E-state index contributed by atoms with van der Waals surface area (Å²) >= 11 is 0. The molecule has 2 aromatic rings. The Kier molecular flexibility index (Phi) is 8.11. The van der Waals surface area contributed by atoms with Crippen molar-refractivity contribution in [3.8, 4) is 11.5 Å². The zero-order valence-corrected chi connectivity index (χ0v) is 19.8. The molecule has 1 heterocycles. The zero-order valence-electron chi connectivity index (χ0n) is 18.9. The molecule has 1 saturated heterocycles. The van der Waals surface area contributed by atoms with E-state index in [4.69, 9.17) is 14.2 Å². The van der Waals surface area contributed by atoms with Crippen molar-refractivity contribution in [2.45, 2.75) is 31.7 Å². The lowest BCUT2D eigenvalue weighted by Gasteiger charge is -2.26. The van der Waals surface area contributed by atoms with E-state index in [9.17, 15) is 18.5 Å². The van der Waals surface area contributed by atoms with Crippen molar-refractivity contribution in [1.82, 2.24) is 4.31 Å². The smallest absolute Gasteiger partial charge is 0.293 e. The van der Waals surface area contributed by atoms with Crippen molar-refractivity contribution >= 4 is 21.4 Å². The molecule has 0 aliphatic carbocycles. The van der Waals surface area contributed by atoms with E-state index in [1.54, 1.807) is 6.07 Å². The van der Waals surface area contributed by atoms with Gasteiger partial charge in [0.05, 0.1) is 36.2 Å². The van der Waals surface area contributed by atoms with Crippen LogP contribution in [0, 0.1) is 10.1 Å². The first-order valence-corrected chi connectivity index (χ1v) is 12.2. The lowest BCUT2D eigenvalue weighted by Crippen LogP contribution is -2.40. The molecule has 1 fully saturated rings. The molecule has 3 rings (SSSR count). The number of hydrogen-bond acceptors (Lipinski definition) is 8. The Balaban J connectivity index is 1.87. The normalized spacial score (nSPS) is 15.6. The van der Waals surface area contributed by atoms with Gasteiger partial charge in [-0.25, -0.2) is 8.42 Å². The number of hydrogen-bond donors (Lipinski definition) is 1. The van der Waals surface area contributed by atoms with Gasteiger partial charge in [0.2, 0.25) is 10.0 Å². The van der Waals surface area contributed by atoms with Crippen LogP contribution >= 0.6 is 0 Å². The van der Waals surface area contributed by atoms with E-state index in [2.05, 4.69) is 5.32 Å². The van der Waals surface area contributed by atoms with E-state index in [-0.39, 0.29) is 35.4 Å². The fraction of sp³-hybridized carbons (Fsp3) is 0.455. The van der Waals surface area contributed by atoms with E-state index in [1.165, 1.54) is 16.4 Å². The Hall–Kier alpha value is -2.89. The third-order valence-electron chi connectivity index (χ3n) is 5.21. The van der Waals surface area contributed by atoms with Gasteiger partial charge in [0.1, 0.15) is 5.69 Å². The molecule has 1 aliphatic heterocycles. The Morgan fingerprint density at radius 2 is 1.76 bits per heavy atom. The third kappa shape index (κ3) is 5.73. The van der Waals surface area contributed by atoms with Gasteiger partial charge >= 0.3 is 0 Å². The summed E-state index contributed by atoms with van der Waals surface area (Å²) in [6.07, 6.45) is 0. The predicted molar refractivity (Wildman–Crippen MR) is 123 cm³/mol. The van der Waals surface area contributed by atoms with Gasteiger partial charge in [0.25, 0.3) is 5.69 Å². The molecule has 0 amide bonds. The molecule has 0 unspecified atom stereocenters. The number of sulfonamides is 1. The maximum Gasteiger partial charge on any atom is 0.293 e. The SMILES string of the molecule is CCOc1ccc([C@H](C)Nc2ccc(S(=O)(=O)N3CCOCC3)cc2[N+](=O)[O-])cc1OCC. The Morgan fingerprint density at radius 3 is 2.39 bits per heavy atom. The molecular weight excluding hydrogens is 450 g/mol. The van der Waals surface area contributed by atoms with Crippen LogP contribution in [0.15, 0.2) is 41.3 Å². The number of anilines is 1. The second-order valence-corrected chi connectivity index (χ2v) is 9.33. The molecule has 0 aromatic heterocycles.